The molecule has 0 spiro atoms. The number of urea groups is 1. The lowest BCUT2D eigenvalue weighted by Gasteiger charge is -2.12. The molecule has 1 aromatic carbocycles. The van der Waals surface area contributed by atoms with Crippen molar-refractivity contribution in [2.24, 2.45) is 0 Å². The molecule has 1 aliphatic carbocycles. The Balaban J connectivity index is 1.49. The zero-order chi connectivity index (χ0) is 21.7. The Kier molecular flexibility index (Phi) is 6.71. The molecule has 9 heteroatoms. The lowest BCUT2D eigenvalue weighted by atomic mass is 10.1. The summed E-state index contributed by atoms with van der Waals surface area (Å²) in [6.45, 7) is 2.65. The van der Waals surface area contributed by atoms with E-state index >= 15 is 0 Å². The van der Waals surface area contributed by atoms with Gasteiger partial charge in [0.1, 0.15) is 11.3 Å². The number of rotatable bonds is 7. The van der Waals surface area contributed by atoms with E-state index in [0.717, 1.165) is 35.8 Å². The molecule has 1 aliphatic rings. The molecule has 0 radical (unpaired) electrons. The highest BCUT2D eigenvalue weighted by Crippen LogP contribution is 2.29. The van der Waals surface area contributed by atoms with Crippen molar-refractivity contribution in [1.29, 1.82) is 0 Å². The summed E-state index contributed by atoms with van der Waals surface area (Å²) in [5.74, 6) is -1.19. The Morgan fingerprint density at radius 2 is 1.93 bits per heavy atom. The standard InChI is InChI=1S/C21H24N2O7/c1-3-12(2)22-21(27)23-18(24)10-29-19(25)11-28-13-7-8-15-14-5-4-6-16(14)20(26)30-17(15)9-13/h7-9,12H,3-6,10-11H2,1-2H3,(H2,22,23,24,27)/t12-/m1/s1. The van der Waals surface area contributed by atoms with Gasteiger partial charge in [-0.1, -0.05) is 6.92 Å². The van der Waals surface area contributed by atoms with Gasteiger partial charge in [-0.25, -0.2) is 14.4 Å². The molecule has 0 saturated carbocycles. The summed E-state index contributed by atoms with van der Waals surface area (Å²) in [5, 5.41) is 5.50. The fraction of sp³-hybridized carbons (Fsp3) is 0.429. The summed E-state index contributed by atoms with van der Waals surface area (Å²) < 4.78 is 15.5. The van der Waals surface area contributed by atoms with Crippen LogP contribution in [-0.4, -0.2) is 37.2 Å². The molecule has 0 fully saturated rings. The molecule has 1 atom stereocenters. The van der Waals surface area contributed by atoms with Gasteiger partial charge in [-0.05, 0) is 50.3 Å². The Morgan fingerprint density at radius 1 is 1.17 bits per heavy atom. The van der Waals surface area contributed by atoms with Gasteiger partial charge in [0.15, 0.2) is 13.2 Å². The van der Waals surface area contributed by atoms with Crippen LogP contribution in [0.25, 0.3) is 11.0 Å². The minimum absolute atomic E-state index is 0.0822. The summed E-state index contributed by atoms with van der Waals surface area (Å²) in [7, 11) is 0. The van der Waals surface area contributed by atoms with Crippen molar-refractivity contribution in [3.05, 3.63) is 39.7 Å². The van der Waals surface area contributed by atoms with E-state index in [1.54, 1.807) is 25.1 Å². The Labute approximate surface area is 172 Å². The number of aryl methyl sites for hydroxylation is 1. The lowest BCUT2D eigenvalue weighted by molar-refractivity contribution is -0.150. The molecule has 3 amide bonds. The van der Waals surface area contributed by atoms with Gasteiger partial charge in [0, 0.05) is 23.1 Å². The monoisotopic (exact) mass is 416 g/mol. The number of fused-ring (bicyclic) bond motifs is 3. The van der Waals surface area contributed by atoms with Crippen LogP contribution >= 0.6 is 0 Å². The van der Waals surface area contributed by atoms with Crippen LogP contribution in [0.5, 0.6) is 5.75 Å². The Hall–Kier alpha value is -3.36. The third-order valence-electron chi connectivity index (χ3n) is 4.91. The summed E-state index contributed by atoms with van der Waals surface area (Å²) >= 11 is 0. The van der Waals surface area contributed by atoms with Gasteiger partial charge < -0.3 is 19.2 Å². The number of hydrogen-bond donors (Lipinski definition) is 2. The third-order valence-corrected chi connectivity index (χ3v) is 4.91. The highest BCUT2D eigenvalue weighted by molar-refractivity contribution is 5.95. The summed E-state index contributed by atoms with van der Waals surface area (Å²) in [5.41, 5.74) is 1.81. The van der Waals surface area contributed by atoms with E-state index in [1.807, 2.05) is 6.92 Å². The molecule has 0 unspecified atom stereocenters. The van der Waals surface area contributed by atoms with Crippen LogP contribution in [0, 0.1) is 0 Å². The van der Waals surface area contributed by atoms with Crippen LogP contribution in [0.3, 0.4) is 0 Å². The molecule has 2 aromatic rings. The van der Waals surface area contributed by atoms with Crippen molar-refractivity contribution in [2.75, 3.05) is 13.2 Å². The molecule has 160 valence electrons. The molecular weight excluding hydrogens is 392 g/mol. The minimum Gasteiger partial charge on any atom is -0.482 e. The first-order chi connectivity index (χ1) is 14.4. The van der Waals surface area contributed by atoms with Gasteiger partial charge in [-0.3, -0.25) is 10.1 Å². The maximum atomic E-state index is 12.1. The quantitative estimate of drug-likeness (QED) is 0.521. The van der Waals surface area contributed by atoms with Crippen LogP contribution in [0.4, 0.5) is 4.79 Å². The van der Waals surface area contributed by atoms with Gasteiger partial charge in [0.25, 0.3) is 5.91 Å². The number of amides is 3. The number of ether oxygens (including phenoxy) is 2. The summed E-state index contributed by atoms with van der Waals surface area (Å²) in [6.07, 6.45) is 3.21. The summed E-state index contributed by atoms with van der Waals surface area (Å²) in [6, 6.07) is 4.30. The van der Waals surface area contributed by atoms with Crippen molar-refractivity contribution >= 4 is 28.9 Å². The van der Waals surface area contributed by atoms with E-state index < -0.39 is 31.1 Å². The lowest BCUT2D eigenvalue weighted by Crippen LogP contribution is -2.44. The van der Waals surface area contributed by atoms with E-state index in [2.05, 4.69) is 10.6 Å². The second-order valence-corrected chi connectivity index (χ2v) is 7.14. The van der Waals surface area contributed by atoms with Gasteiger partial charge in [0.2, 0.25) is 0 Å². The maximum absolute atomic E-state index is 12.1. The largest absolute Gasteiger partial charge is 0.482 e. The highest BCUT2D eigenvalue weighted by atomic mass is 16.6. The third kappa shape index (κ3) is 5.16. The molecule has 0 bridgehead atoms. The smallest absolute Gasteiger partial charge is 0.344 e. The number of nitrogens with one attached hydrogen (secondary N) is 2. The van der Waals surface area contributed by atoms with E-state index in [9.17, 15) is 19.2 Å². The zero-order valence-electron chi connectivity index (χ0n) is 16.9. The molecule has 3 rings (SSSR count). The molecule has 1 heterocycles. The van der Waals surface area contributed by atoms with Crippen molar-refractivity contribution in [3.63, 3.8) is 0 Å². The maximum Gasteiger partial charge on any atom is 0.344 e. The van der Waals surface area contributed by atoms with Crippen molar-refractivity contribution in [3.8, 4) is 5.75 Å². The van der Waals surface area contributed by atoms with Crippen LogP contribution in [-0.2, 0) is 27.2 Å². The predicted molar refractivity (Wildman–Crippen MR) is 107 cm³/mol. The fourth-order valence-corrected chi connectivity index (χ4v) is 3.21. The first kappa shape index (κ1) is 21.4. The zero-order valence-corrected chi connectivity index (χ0v) is 16.9. The molecule has 9 nitrogen and oxygen atoms in total. The number of carbonyl (C=O) groups excluding carboxylic acids is 3. The first-order valence-corrected chi connectivity index (χ1v) is 9.84. The number of hydrogen-bond acceptors (Lipinski definition) is 7. The molecular formula is C21H24N2O7. The SMILES string of the molecule is CC[C@@H](C)NC(=O)NC(=O)COC(=O)COc1ccc2c3c(c(=O)oc2c1)CCC3. The fourth-order valence-electron chi connectivity index (χ4n) is 3.21. The molecule has 1 aromatic heterocycles. The van der Waals surface area contributed by atoms with E-state index in [1.165, 1.54) is 0 Å². The molecule has 0 aliphatic heterocycles. The number of esters is 1. The van der Waals surface area contributed by atoms with Crippen molar-refractivity contribution in [1.82, 2.24) is 10.6 Å². The molecule has 0 saturated heterocycles. The second kappa shape index (κ2) is 9.43. The highest BCUT2D eigenvalue weighted by Gasteiger charge is 2.20. The number of benzene rings is 1. The van der Waals surface area contributed by atoms with Crippen LogP contribution in [0.2, 0.25) is 0 Å². The topological polar surface area (TPSA) is 124 Å². The first-order valence-electron chi connectivity index (χ1n) is 9.84. The normalized spacial score (nSPS) is 13.4. The summed E-state index contributed by atoms with van der Waals surface area (Å²) in [4.78, 5) is 47.0. The molecule has 2 N–H and O–H groups in total. The van der Waals surface area contributed by atoms with Gasteiger partial charge >= 0.3 is 17.6 Å². The van der Waals surface area contributed by atoms with Gasteiger partial charge in [0.05, 0.1) is 0 Å². The second-order valence-electron chi connectivity index (χ2n) is 7.14. The van der Waals surface area contributed by atoms with E-state index in [4.69, 9.17) is 13.9 Å². The Morgan fingerprint density at radius 3 is 2.70 bits per heavy atom. The van der Waals surface area contributed by atoms with E-state index in [-0.39, 0.29) is 11.7 Å². The predicted octanol–water partition coefficient (Wildman–Crippen LogP) is 1.83. The van der Waals surface area contributed by atoms with Crippen LogP contribution in [0.1, 0.15) is 37.8 Å². The number of carbonyl (C=O) groups is 3. The van der Waals surface area contributed by atoms with Gasteiger partial charge in [-0.15, -0.1) is 0 Å². The van der Waals surface area contributed by atoms with Crippen molar-refractivity contribution in [2.45, 2.75) is 45.6 Å². The number of imide groups is 1. The average Bonchev–Trinajstić information content (AvgIpc) is 3.21. The molecule has 30 heavy (non-hydrogen) atoms. The average molecular weight is 416 g/mol. The van der Waals surface area contributed by atoms with Crippen molar-refractivity contribution < 1.29 is 28.3 Å². The van der Waals surface area contributed by atoms with Crippen LogP contribution < -0.4 is 21.0 Å². The minimum atomic E-state index is -0.775. The Bertz CT molecular complexity index is 1030. The van der Waals surface area contributed by atoms with E-state index in [0.29, 0.717) is 17.8 Å². The van der Waals surface area contributed by atoms with Gasteiger partial charge in [-0.2, -0.15) is 0 Å². The van der Waals surface area contributed by atoms with Crippen LogP contribution in [0.15, 0.2) is 27.4 Å².